The third-order valence-corrected chi connectivity index (χ3v) is 5.12. The van der Waals surface area contributed by atoms with Crippen molar-refractivity contribution in [3.63, 3.8) is 0 Å². The maximum absolute atomic E-state index is 13.4. The quantitative estimate of drug-likeness (QED) is 0.611. The predicted molar refractivity (Wildman–Crippen MR) is 109 cm³/mol. The molecule has 2 aromatic carbocycles. The predicted octanol–water partition coefficient (Wildman–Crippen LogP) is 4.00. The molecule has 0 unspecified atom stereocenters. The van der Waals surface area contributed by atoms with Crippen LogP contribution in [0.2, 0.25) is 0 Å². The van der Waals surface area contributed by atoms with Gasteiger partial charge < -0.3 is 5.32 Å². The molecule has 0 aliphatic rings. The molecule has 28 heavy (non-hydrogen) atoms. The average molecular weight is 399 g/mol. The molecular weight excluding hydrogens is 375 g/mol. The first kappa shape index (κ1) is 20.1. The fraction of sp³-hybridized carbons (Fsp3) is 0.286. The molecule has 3 aromatic rings. The Kier molecular flexibility index (Phi) is 6.46. The Hall–Kier alpha value is -2.67. The van der Waals surface area contributed by atoms with Gasteiger partial charge in [0.2, 0.25) is 5.91 Å². The van der Waals surface area contributed by atoms with Crippen molar-refractivity contribution in [2.45, 2.75) is 43.6 Å². The highest BCUT2D eigenvalue weighted by molar-refractivity contribution is 8.00. The van der Waals surface area contributed by atoms with E-state index in [4.69, 9.17) is 0 Å². The van der Waals surface area contributed by atoms with Gasteiger partial charge in [-0.25, -0.2) is 4.39 Å². The molecule has 1 aromatic heterocycles. The highest BCUT2D eigenvalue weighted by Crippen LogP contribution is 2.27. The van der Waals surface area contributed by atoms with Crippen LogP contribution < -0.4 is 5.32 Å². The Labute approximate surface area is 168 Å². The zero-order valence-electron chi connectivity index (χ0n) is 16.1. The number of nitrogens with one attached hydrogen (secondary N) is 1. The summed E-state index contributed by atoms with van der Waals surface area (Å²) in [5.74, 6) is 0.371. The smallest absolute Gasteiger partial charge is 0.233 e. The molecule has 3 rings (SSSR count). The number of amides is 1. The van der Waals surface area contributed by atoms with Gasteiger partial charge in [-0.15, -0.1) is 10.2 Å². The lowest BCUT2D eigenvalue weighted by Crippen LogP contribution is -2.36. The van der Waals surface area contributed by atoms with Crippen LogP contribution in [0.5, 0.6) is 0 Å². The van der Waals surface area contributed by atoms with E-state index < -0.39 is 0 Å². The highest BCUT2D eigenvalue weighted by Gasteiger charge is 2.21. The summed E-state index contributed by atoms with van der Waals surface area (Å²) in [6.07, 6.45) is 0.582. The molecule has 0 fully saturated rings. The fourth-order valence-electron chi connectivity index (χ4n) is 2.73. The van der Waals surface area contributed by atoms with Crippen LogP contribution in [-0.2, 0) is 11.2 Å². The second-order valence-electron chi connectivity index (χ2n) is 6.80. The summed E-state index contributed by atoms with van der Waals surface area (Å²) < 4.78 is 15.3. The van der Waals surface area contributed by atoms with Crippen LogP contribution in [-0.4, -0.2) is 32.0 Å². The monoisotopic (exact) mass is 398 g/mol. The van der Waals surface area contributed by atoms with Crippen LogP contribution in [0.25, 0.3) is 5.69 Å². The minimum Gasteiger partial charge on any atom is -0.353 e. The topological polar surface area (TPSA) is 59.8 Å². The van der Waals surface area contributed by atoms with Crippen molar-refractivity contribution in [1.82, 2.24) is 20.1 Å². The fourth-order valence-corrected chi connectivity index (χ4v) is 3.63. The number of hydrogen-bond acceptors (Lipinski definition) is 4. The molecule has 1 N–H and O–H groups in total. The summed E-state index contributed by atoms with van der Waals surface area (Å²) in [5, 5.41) is 11.8. The lowest BCUT2D eigenvalue weighted by atomic mass is 10.1. The van der Waals surface area contributed by atoms with Gasteiger partial charge in [0.25, 0.3) is 0 Å². The van der Waals surface area contributed by atoms with Gasteiger partial charge in [-0.2, -0.15) is 0 Å². The molecule has 7 heteroatoms. The van der Waals surface area contributed by atoms with E-state index in [0.29, 0.717) is 11.6 Å². The van der Waals surface area contributed by atoms with Crippen molar-refractivity contribution in [3.8, 4) is 5.69 Å². The first-order valence-electron chi connectivity index (χ1n) is 9.15. The highest BCUT2D eigenvalue weighted by atomic mass is 32.2. The third kappa shape index (κ3) is 4.98. The largest absolute Gasteiger partial charge is 0.353 e. The second kappa shape index (κ2) is 9.01. The van der Waals surface area contributed by atoms with Gasteiger partial charge in [0, 0.05) is 18.2 Å². The van der Waals surface area contributed by atoms with Crippen LogP contribution >= 0.6 is 11.8 Å². The average Bonchev–Trinajstić information content (AvgIpc) is 3.04. The van der Waals surface area contributed by atoms with Crippen molar-refractivity contribution in [2.75, 3.05) is 0 Å². The molecule has 0 saturated carbocycles. The van der Waals surface area contributed by atoms with Crippen molar-refractivity contribution in [3.05, 3.63) is 71.8 Å². The van der Waals surface area contributed by atoms with E-state index >= 15 is 0 Å². The summed E-state index contributed by atoms with van der Waals surface area (Å²) in [4.78, 5) is 12.3. The van der Waals surface area contributed by atoms with Gasteiger partial charge in [0.15, 0.2) is 5.16 Å². The first-order valence-corrected chi connectivity index (χ1v) is 10.0. The second-order valence-corrected chi connectivity index (χ2v) is 8.10. The van der Waals surface area contributed by atoms with Gasteiger partial charge in [0.05, 0.1) is 5.25 Å². The molecule has 0 aliphatic heterocycles. The first-order chi connectivity index (χ1) is 13.4. The lowest BCUT2D eigenvalue weighted by molar-refractivity contribution is -0.120. The minimum absolute atomic E-state index is 0.0572. The standard InChI is InChI=1S/C21H23FN4OS/c1-14(2)23-20(27)15(3)28-21-25-24-19(13-16-7-5-4-6-8-16)26(21)18-11-9-17(22)10-12-18/h4-12,14-15H,13H2,1-3H3,(H,23,27)/t15-/m0/s1. The molecule has 0 saturated heterocycles. The number of halogens is 1. The van der Waals surface area contributed by atoms with E-state index in [1.165, 1.54) is 23.9 Å². The summed E-state index contributed by atoms with van der Waals surface area (Å²) in [6, 6.07) is 16.2. The van der Waals surface area contributed by atoms with E-state index in [9.17, 15) is 9.18 Å². The lowest BCUT2D eigenvalue weighted by Gasteiger charge is -2.15. The van der Waals surface area contributed by atoms with Crippen molar-refractivity contribution >= 4 is 17.7 Å². The molecule has 146 valence electrons. The van der Waals surface area contributed by atoms with Gasteiger partial charge in [-0.1, -0.05) is 42.1 Å². The molecular formula is C21H23FN4OS. The van der Waals surface area contributed by atoms with Crippen molar-refractivity contribution < 1.29 is 9.18 Å². The van der Waals surface area contributed by atoms with Gasteiger partial charge in [-0.05, 0) is 50.6 Å². The Morgan fingerprint density at radius 2 is 1.75 bits per heavy atom. The summed E-state index contributed by atoms with van der Waals surface area (Å²) in [6.45, 7) is 5.69. The number of benzene rings is 2. The SMILES string of the molecule is CC(C)NC(=O)[C@H](C)Sc1nnc(Cc2ccccc2)n1-c1ccc(F)cc1. The number of hydrogen-bond donors (Lipinski definition) is 1. The summed E-state index contributed by atoms with van der Waals surface area (Å²) in [5.41, 5.74) is 1.86. The van der Waals surface area contributed by atoms with E-state index in [1.54, 1.807) is 12.1 Å². The van der Waals surface area contributed by atoms with E-state index in [2.05, 4.69) is 15.5 Å². The molecule has 1 atom stereocenters. The maximum Gasteiger partial charge on any atom is 0.233 e. The van der Waals surface area contributed by atoms with Gasteiger partial charge in [-0.3, -0.25) is 9.36 Å². The molecule has 0 radical (unpaired) electrons. The number of carbonyl (C=O) groups excluding carboxylic acids is 1. The zero-order valence-corrected chi connectivity index (χ0v) is 16.9. The Morgan fingerprint density at radius 1 is 1.07 bits per heavy atom. The number of aromatic nitrogens is 3. The van der Waals surface area contributed by atoms with E-state index in [0.717, 1.165) is 17.1 Å². The Bertz CT molecular complexity index is 925. The molecule has 0 bridgehead atoms. The number of nitrogens with zero attached hydrogens (tertiary/aromatic N) is 3. The summed E-state index contributed by atoms with van der Waals surface area (Å²) in [7, 11) is 0. The third-order valence-electron chi connectivity index (χ3n) is 4.07. The van der Waals surface area contributed by atoms with E-state index in [-0.39, 0.29) is 23.0 Å². The van der Waals surface area contributed by atoms with Gasteiger partial charge >= 0.3 is 0 Å². The molecule has 1 heterocycles. The van der Waals surface area contributed by atoms with Crippen LogP contribution in [0.3, 0.4) is 0 Å². The number of carbonyl (C=O) groups is 1. The van der Waals surface area contributed by atoms with Crippen LogP contribution in [0.1, 0.15) is 32.2 Å². The Morgan fingerprint density at radius 3 is 2.39 bits per heavy atom. The normalized spacial score (nSPS) is 12.2. The van der Waals surface area contributed by atoms with Crippen molar-refractivity contribution in [2.24, 2.45) is 0 Å². The zero-order chi connectivity index (χ0) is 20.1. The summed E-state index contributed by atoms with van der Waals surface area (Å²) >= 11 is 1.33. The van der Waals surface area contributed by atoms with E-state index in [1.807, 2.05) is 55.7 Å². The maximum atomic E-state index is 13.4. The number of rotatable bonds is 7. The van der Waals surface area contributed by atoms with Crippen molar-refractivity contribution in [1.29, 1.82) is 0 Å². The molecule has 5 nitrogen and oxygen atoms in total. The number of thioether (sulfide) groups is 1. The molecule has 1 amide bonds. The molecule has 0 aliphatic carbocycles. The molecule has 0 spiro atoms. The van der Waals surface area contributed by atoms with Crippen LogP contribution in [0.4, 0.5) is 4.39 Å². The van der Waals surface area contributed by atoms with Gasteiger partial charge in [0.1, 0.15) is 11.6 Å². The van der Waals surface area contributed by atoms with Crippen LogP contribution in [0, 0.1) is 5.82 Å². The van der Waals surface area contributed by atoms with Crippen LogP contribution in [0.15, 0.2) is 59.8 Å². The minimum atomic E-state index is -0.338. The Balaban J connectivity index is 1.93.